The largest absolute Gasteiger partial charge is 0.481 e. The van der Waals surface area contributed by atoms with Crippen LogP contribution in [0.25, 0.3) is 0 Å². The average molecular weight is 460 g/mol. The van der Waals surface area contributed by atoms with E-state index in [0.717, 1.165) is 0 Å². The van der Waals surface area contributed by atoms with Crippen molar-refractivity contribution >= 4 is 35.6 Å². The lowest BCUT2D eigenvalue weighted by Crippen LogP contribution is -2.56. The molecule has 0 spiro atoms. The van der Waals surface area contributed by atoms with Crippen LogP contribution in [0.15, 0.2) is 0 Å². The Kier molecular flexibility index (Phi) is 12.6. The first-order valence-corrected chi connectivity index (χ1v) is 10.1. The standard InChI is InChI=1S/C19H33N5O8/c1-9(2)8-13(19(31)32)24-16(28)10(3)22-18(30)12(5-6-14(21)25)23-17(29)11(20)4-7-15(26)27/h9-13H,4-8,20H2,1-3H3,(H2,21,25)(H,22,30)(H,23,29)(H,24,28)(H,26,27)(H,31,32). The van der Waals surface area contributed by atoms with Crippen LogP contribution >= 0.6 is 0 Å². The minimum atomic E-state index is -1.27. The normalized spacial score (nSPS) is 14.5. The van der Waals surface area contributed by atoms with E-state index in [1.165, 1.54) is 6.92 Å². The van der Waals surface area contributed by atoms with Crippen LogP contribution in [0.2, 0.25) is 0 Å². The van der Waals surface area contributed by atoms with E-state index in [-0.39, 0.29) is 38.0 Å². The van der Waals surface area contributed by atoms with Crippen molar-refractivity contribution in [3.8, 4) is 0 Å². The number of carboxylic acid groups (broad SMARTS) is 2. The first-order chi connectivity index (χ1) is 14.7. The maximum atomic E-state index is 12.6. The first-order valence-electron chi connectivity index (χ1n) is 10.1. The summed E-state index contributed by atoms with van der Waals surface area (Å²) in [6.07, 6.45) is -0.772. The highest BCUT2D eigenvalue weighted by Gasteiger charge is 2.28. The van der Waals surface area contributed by atoms with Gasteiger partial charge in [0, 0.05) is 12.8 Å². The molecule has 32 heavy (non-hydrogen) atoms. The summed E-state index contributed by atoms with van der Waals surface area (Å²) >= 11 is 0. The molecule has 0 saturated heterocycles. The molecule has 13 heteroatoms. The number of carbonyl (C=O) groups excluding carboxylic acids is 4. The van der Waals surface area contributed by atoms with Crippen molar-refractivity contribution in [3.63, 3.8) is 0 Å². The molecule has 0 aromatic heterocycles. The van der Waals surface area contributed by atoms with E-state index < -0.39 is 59.7 Å². The molecule has 4 amide bonds. The van der Waals surface area contributed by atoms with E-state index in [1.807, 2.05) is 0 Å². The summed E-state index contributed by atoms with van der Waals surface area (Å²) in [5.41, 5.74) is 10.7. The van der Waals surface area contributed by atoms with Gasteiger partial charge in [-0.2, -0.15) is 0 Å². The summed E-state index contributed by atoms with van der Waals surface area (Å²) in [7, 11) is 0. The second-order valence-electron chi connectivity index (χ2n) is 7.86. The zero-order chi connectivity index (χ0) is 25.0. The highest BCUT2D eigenvalue weighted by molar-refractivity contribution is 5.94. The summed E-state index contributed by atoms with van der Waals surface area (Å²) in [6.45, 7) is 4.91. The molecular weight excluding hydrogens is 426 g/mol. The summed E-state index contributed by atoms with van der Waals surface area (Å²) in [6, 6.07) is -4.76. The van der Waals surface area contributed by atoms with Crippen molar-refractivity contribution in [2.75, 3.05) is 0 Å². The molecule has 0 rings (SSSR count). The Balaban J connectivity index is 5.12. The maximum Gasteiger partial charge on any atom is 0.326 e. The van der Waals surface area contributed by atoms with E-state index in [4.69, 9.17) is 16.6 Å². The quantitative estimate of drug-likeness (QED) is 0.144. The van der Waals surface area contributed by atoms with E-state index in [1.54, 1.807) is 13.8 Å². The van der Waals surface area contributed by atoms with Crippen molar-refractivity contribution in [2.24, 2.45) is 17.4 Å². The van der Waals surface area contributed by atoms with Gasteiger partial charge in [0.05, 0.1) is 6.04 Å². The predicted octanol–water partition coefficient (Wildman–Crippen LogP) is -1.95. The van der Waals surface area contributed by atoms with Crippen molar-refractivity contribution in [1.82, 2.24) is 16.0 Å². The number of hydrogen-bond donors (Lipinski definition) is 7. The minimum Gasteiger partial charge on any atom is -0.481 e. The second kappa shape index (κ2) is 14.0. The molecular formula is C19H33N5O8. The molecule has 0 heterocycles. The number of amides is 4. The van der Waals surface area contributed by atoms with Gasteiger partial charge in [-0.25, -0.2) is 4.79 Å². The van der Waals surface area contributed by atoms with Crippen LogP contribution in [0, 0.1) is 5.92 Å². The zero-order valence-electron chi connectivity index (χ0n) is 18.4. The fourth-order valence-corrected chi connectivity index (χ4v) is 2.61. The van der Waals surface area contributed by atoms with Gasteiger partial charge >= 0.3 is 11.9 Å². The molecule has 0 aromatic rings. The lowest BCUT2D eigenvalue weighted by atomic mass is 10.0. The monoisotopic (exact) mass is 459 g/mol. The van der Waals surface area contributed by atoms with Crippen molar-refractivity contribution in [1.29, 1.82) is 0 Å². The number of carboxylic acids is 2. The van der Waals surface area contributed by atoms with Gasteiger partial charge in [0.2, 0.25) is 23.6 Å². The van der Waals surface area contributed by atoms with Gasteiger partial charge in [0.1, 0.15) is 18.1 Å². The third-order valence-electron chi connectivity index (χ3n) is 4.39. The minimum absolute atomic E-state index is 0.0000235. The van der Waals surface area contributed by atoms with Crippen molar-refractivity contribution in [2.45, 2.75) is 77.0 Å². The Morgan fingerprint density at radius 1 is 0.781 bits per heavy atom. The number of rotatable bonds is 15. The van der Waals surface area contributed by atoms with Gasteiger partial charge in [-0.05, 0) is 32.1 Å². The molecule has 0 aliphatic heterocycles. The highest BCUT2D eigenvalue weighted by Crippen LogP contribution is 2.06. The van der Waals surface area contributed by atoms with Gasteiger partial charge in [-0.15, -0.1) is 0 Å². The summed E-state index contributed by atoms with van der Waals surface area (Å²) in [5.74, 6) is -5.46. The molecule has 4 atom stereocenters. The summed E-state index contributed by atoms with van der Waals surface area (Å²) < 4.78 is 0. The number of primary amides is 1. The molecule has 0 aliphatic carbocycles. The molecule has 0 saturated carbocycles. The maximum absolute atomic E-state index is 12.6. The first kappa shape index (κ1) is 28.8. The summed E-state index contributed by atoms with van der Waals surface area (Å²) in [4.78, 5) is 70.1. The molecule has 0 fully saturated rings. The Morgan fingerprint density at radius 2 is 1.34 bits per heavy atom. The lowest BCUT2D eigenvalue weighted by molar-refractivity contribution is -0.142. The number of nitrogens with two attached hydrogens (primary N) is 2. The topological polar surface area (TPSA) is 231 Å². The molecule has 0 aliphatic rings. The Morgan fingerprint density at radius 3 is 1.81 bits per heavy atom. The SMILES string of the molecule is CC(C)CC(NC(=O)C(C)NC(=O)C(CCC(N)=O)NC(=O)C(N)CCC(=O)O)C(=O)O. The number of carbonyl (C=O) groups is 6. The van der Waals surface area contributed by atoms with Crippen LogP contribution in [0.3, 0.4) is 0 Å². The van der Waals surface area contributed by atoms with Crippen LogP contribution in [-0.4, -0.2) is 69.9 Å². The highest BCUT2D eigenvalue weighted by atomic mass is 16.4. The smallest absolute Gasteiger partial charge is 0.326 e. The van der Waals surface area contributed by atoms with Gasteiger partial charge < -0.3 is 37.6 Å². The van der Waals surface area contributed by atoms with E-state index >= 15 is 0 Å². The molecule has 4 unspecified atom stereocenters. The third kappa shape index (κ3) is 11.8. The molecule has 0 bridgehead atoms. The average Bonchev–Trinajstić information content (AvgIpc) is 2.67. The number of hydrogen-bond acceptors (Lipinski definition) is 7. The number of aliphatic carboxylic acids is 2. The second-order valence-corrected chi connectivity index (χ2v) is 7.86. The Labute approximate surface area is 185 Å². The molecule has 182 valence electrons. The summed E-state index contributed by atoms with van der Waals surface area (Å²) in [5, 5.41) is 24.9. The van der Waals surface area contributed by atoms with E-state index in [9.17, 15) is 33.9 Å². The van der Waals surface area contributed by atoms with E-state index in [0.29, 0.717) is 0 Å². The molecule has 13 nitrogen and oxygen atoms in total. The van der Waals surface area contributed by atoms with Crippen LogP contribution in [0.1, 0.15) is 52.9 Å². The molecule has 0 radical (unpaired) electrons. The fraction of sp³-hybridized carbons (Fsp3) is 0.684. The van der Waals surface area contributed by atoms with Gasteiger partial charge in [0.15, 0.2) is 0 Å². The van der Waals surface area contributed by atoms with Crippen LogP contribution in [0.5, 0.6) is 0 Å². The third-order valence-corrected chi connectivity index (χ3v) is 4.39. The Bertz CT molecular complexity index is 712. The fourth-order valence-electron chi connectivity index (χ4n) is 2.61. The van der Waals surface area contributed by atoms with Gasteiger partial charge in [-0.3, -0.25) is 24.0 Å². The van der Waals surface area contributed by atoms with Gasteiger partial charge in [-0.1, -0.05) is 13.8 Å². The van der Waals surface area contributed by atoms with E-state index in [2.05, 4.69) is 16.0 Å². The predicted molar refractivity (Wildman–Crippen MR) is 112 cm³/mol. The van der Waals surface area contributed by atoms with Crippen molar-refractivity contribution < 1.29 is 39.0 Å². The van der Waals surface area contributed by atoms with Crippen LogP contribution in [-0.2, 0) is 28.8 Å². The van der Waals surface area contributed by atoms with Gasteiger partial charge in [0.25, 0.3) is 0 Å². The van der Waals surface area contributed by atoms with Crippen LogP contribution < -0.4 is 27.4 Å². The zero-order valence-corrected chi connectivity index (χ0v) is 18.4. The van der Waals surface area contributed by atoms with Crippen molar-refractivity contribution in [3.05, 3.63) is 0 Å². The Hall–Kier alpha value is -3.22. The van der Waals surface area contributed by atoms with Crippen LogP contribution in [0.4, 0.5) is 0 Å². The lowest BCUT2D eigenvalue weighted by Gasteiger charge is -2.23. The number of nitrogens with one attached hydrogen (secondary N) is 3. The molecule has 0 aromatic carbocycles. The molecule has 9 N–H and O–H groups in total.